The van der Waals surface area contributed by atoms with Crippen molar-refractivity contribution in [3.63, 3.8) is 0 Å². The van der Waals surface area contributed by atoms with Crippen LogP contribution in [-0.2, 0) is 6.42 Å². The molecule has 0 saturated heterocycles. The molecule has 2 nitrogen and oxygen atoms in total. The molecule has 0 fully saturated rings. The summed E-state index contributed by atoms with van der Waals surface area (Å²) in [6, 6.07) is 13.4. The zero-order chi connectivity index (χ0) is 14.4. The number of halogens is 1. The second-order valence-corrected chi connectivity index (χ2v) is 5.59. The lowest BCUT2D eigenvalue weighted by Gasteiger charge is -2.10. The zero-order valence-electron chi connectivity index (χ0n) is 11.8. The van der Waals surface area contributed by atoms with Crippen molar-refractivity contribution < 1.29 is 8.81 Å². The van der Waals surface area contributed by atoms with Crippen molar-refractivity contribution in [1.82, 2.24) is 5.32 Å². The maximum atomic E-state index is 13.3. The van der Waals surface area contributed by atoms with Gasteiger partial charge in [0.05, 0.1) is 0 Å². The van der Waals surface area contributed by atoms with Crippen LogP contribution in [0.25, 0.3) is 22.3 Å². The Morgan fingerprint density at radius 1 is 1.14 bits per heavy atom. The van der Waals surface area contributed by atoms with Crippen LogP contribution in [0, 0.1) is 5.82 Å². The maximum absolute atomic E-state index is 13.3. The Kier molecular flexibility index (Phi) is 2.82. The fourth-order valence-corrected chi connectivity index (χ4v) is 3.23. The molecule has 2 aromatic carbocycles. The molecule has 1 aromatic heterocycles. The summed E-state index contributed by atoms with van der Waals surface area (Å²) in [5.41, 5.74) is 4.53. The molecule has 0 radical (unpaired) electrons. The predicted molar refractivity (Wildman–Crippen MR) is 81.7 cm³/mol. The van der Waals surface area contributed by atoms with Gasteiger partial charge in [0, 0.05) is 17.0 Å². The van der Waals surface area contributed by atoms with Crippen molar-refractivity contribution in [3.05, 3.63) is 59.4 Å². The molecule has 0 saturated carbocycles. The van der Waals surface area contributed by atoms with E-state index in [1.54, 1.807) is 6.07 Å². The van der Waals surface area contributed by atoms with Crippen molar-refractivity contribution in [2.75, 3.05) is 7.05 Å². The van der Waals surface area contributed by atoms with Gasteiger partial charge >= 0.3 is 0 Å². The third-order valence-corrected chi connectivity index (χ3v) is 4.33. The Hall–Kier alpha value is -2.13. The first-order chi connectivity index (χ1) is 10.2. The molecule has 1 heterocycles. The number of fused-ring (bicyclic) bond motifs is 2. The van der Waals surface area contributed by atoms with E-state index in [0.29, 0.717) is 6.04 Å². The fraction of sp³-hybridized carbons (Fsp3) is 0.222. The largest absolute Gasteiger partial charge is 0.456 e. The molecule has 0 aliphatic heterocycles. The van der Waals surface area contributed by atoms with Crippen molar-refractivity contribution in [3.8, 4) is 11.3 Å². The number of furan rings is 1. The molecule has 1 aliphatic carbocycles. The minimum atomic E-state index is -0.235. The molecule has 1 N–H and O–H groups in total. The summed E-state index contributed by atoms with van der Waals surface area (Å²) < 4.78 is 19.1. The highest BCUT2D eigenvalue weighted by molar-refractivity contribution is 5.83. The third-order valence-electron chi connectivity index (χ3n) is 4.33. The summed E-state index contributed by atoms with van der Waals surface area (Å²) in [7, 11) is 2.00. The van der Waals surface area contributed by atoms with Crippen molar-refractivity contribution in [2.24, 2.45) is 0 Å². The van der Waals surface area contributed by atoms with Crippen LogP contribution >= 0.6 is 0 Å². The molecule has 0 spiro atoms. The lowest BCUT2D eigenvalue weighted by Crippen LogP contribution is -2.12. The average molecular weight is 281 g/mol. The minimum Gasteiger partial charge on any atom is -0.456 e. The van der Waals surface area contributed by atoms with Gasteiger partial charge in [-0.25, -0.2) is 4.39 Å². The highest BCUT2D eigenvalue weighted by atomic mass is 19.1. The summed E-state index contributed by atoms with van der Waals surface area (Å²) in [5, 5.41) is 4.15. The quantitative estimate of drug-likeness (QED) is 0.751. The Balaban J connectivity index is 1.78. The van der Waals surface area contributed by atoms with Crippen LogP contribution in [0.2, 0.25) is 0 Å². The number of nitrogens with one attached hydrogen (secondary N) is 1. The maximum Gasteiger partial charge on any atom is 0.135 e. The molecule has 4 rings (SSSR count). The second-order valence-electron chi connectivity index (χ2n) is 5.59. The third kappa shape index (κ3) is 2.05. The van der Waals surface area contributed by atoms with Crippen LogP contribution < -0.4 is 5.32 Å². The number of rotatable bonds is 2. The van der Waals surface area contributed by atoms with Crippen LogP contribution in [0.1, 0.15) is 23.6 Å². The van der Waals surface area contributed by atoms with E-state index in [1.807, 2.05) is 13.1 Å². The zero-order valence-corrected chi connectivity index (χ0v) is 11.8. The standard InChI is InChI=1S/C18H16FNO/c1-20-16-6-3-11-8-12(2-5-15(11)16)18-10-13-9-14(19)4-7-17(13)21-18/h2,4-5,7-10,16,20H,3,6H2,1H3. The van der Waals surface area contributed by atoms with Crippen LogP contribution in [-0.4, -0.2) is 7.05 Å². The Bertz CT molecular complexity index is 821. The molecule has 0 bridgehead atoms. The number of hydrogen-bond donors (Lipinski definition) is 1. The molecule has 106 valence electrons. The van der Waals surface area contributed by atoms with Crippen LogP contribution in [0.4, 0.5) is 4.39 Å². The molecular weight excluding hydrogens is 265 g/mol. The fourth-order valence-electron chi connectivity index (χ4n) is 3.23. The molecule has 1 aliphatic rings. The van der Waals surface area contributed by atoms with Crippen LogP contribution in [0.15, 0.2) is 46.9 Å². The normalized spacial score (nSPS) is 17.3. The van der Waals surface area contributed by atoms with Gasteiger partial charge in [0.2, 0.25) is 0 Å². The monoisotopic (exact) mass is 281 g/mol. The second kappa shape index (κ2) is 4.71. The minimum absolute atomic E-state index is 0.235. The highest BCUT2D eigenvalue weighted by Crippen LogP contribution is 2.35. The van der Waals surface area contributed by atoms with E-state index in [0.717, 1.165) is 35.1 Å². The molecule has 0 amide bonds. The smallest absolute Gasteiger partial charge is 0.135 e. The van der Waals surface area contributed by atoms with E-state index < -0.39 is 0 Å². The predicted octanol–water partition coefficient (Wildman–Crippen LogP) is 4.45. The van der Waals surface area contributed by atoms with Crippen molar-refractivity contribution in [2.45, 2.75) is 18.9 Å². The Morgan fingerprint density at radius 3 is 2.90 bits per heavy atom. The summed E-state index contributed by atoms with van der Waals surface area (Å²) in [5.74, 6) is 0.562. The molecule has 3 aromatic rings. The van der Waals surface area contributed by atoms with E-state index >= 15 is 0 Å². The number of hydrogen-bond acceptors (Lipinski definition) is 2. The summed E-state index contributed by atoms with van der Waals surface area (Å²) >= 11 is 0. The van der Waals surface area contributed by atoms with Gasteiger partial charge in [-0.1, -0.05) is 12.1 Å². The van der Waals surface area contributed by atoms with Gasteiger partial charge < -0.3 is 9.73 Å². The molecule has 1 unspecified atom stereocenters. The average Bonchev–Trinajstić information content (AvgIpc) is 3.09. The first-order valence-electron chi connectivity index (χ1n) is 7.24. The van der Waals surface area contributed by atoms with Crippen LogP contribution in [0.3, 0.4) is 0 Å². The van der Waals surface area contributed by atoms with Gasteiger partial charge in [-0.3, -0.25) is 0 Å². The lowest BCUT2D eigenvalue weighted by atomic mass is 10.0. The summed E-state index contributed by atoms with van der Waals surface area (Å²) in [4.78, 5) is 0. The first kappa shape index (κ1) is 12.6. The molecule has 21 heavy (non-hydrogen) atoms. The van der Waals surface area contributed by atoms with E-state index in [2.05, 4.69) is 23.5 Å². The summed E-state index contributed by atoms with van der Waals surface area (Å²) in [6.07, 6.45) is 2.23. The molecule has 1 atom stereocenters. The summed E-state index contributed by atoms with van der Waals surface area (Å²) in [6.45, 7) is 0. The van der Waals surface area contributed by atoms with E-state index in [4.69, 9.17) is 4.42 Å². The van der Waals surface area contributed by atoms with E-state index in [-0.39, 0.29) is 5.82 Å². The highest BCUT2D eigenvalue weighted by Gasteiger charge is 2.21. The molecular formula is C18H16FNO. The molecule has 3 heteroatoms. The van der Waals surface area contributed by atoms with Gasteiger partial charge in [-0.15, -0.1) is 0 Å². The van der Waals surface area contributed by atoms with Crippen molar-refractivity contribution >= 4 is 11.0 Å². The number of aryl methyl sites for hydroxylation is 1. The Morgan fingerprint density at radius 2 is 2.05 bits per heavy atom. The van der Waals surface area contributed by atoms with E-state index in [9.17, 15) is 4.39 Å². The number of benzene rings is 2. The Labute approximate surface area is 122 Å². The SMILES string of the molecule is CNC1CCc2cc(-c3cc4cc(F)ccc4o3)ccc21. The topological polar surface area (TPSA) is 25.2 Å². The first-order valence-corrected chi connectivity index (χ1v) is 7.24. The van der Waals surface area contributed by atoms with Gasteiger partial charge in [0.1, 0.15) is 17.2 Å². The van der Waals surface area contributed by atoms with Gasteiger partial charge in [-0.05, 0) is 61.3 Å². The van der Waals surface area contributed by atoms with E-state index in [1.165, 1.54) is 23.3 Å². The van der Waals surface area contributed by atoms with Gasteiger partial charge in [0.15, 0.2) is 0 Å². The van der Waals surface area contributed by atoms with Crippen LogP contribution in [0.5, 0.6) is 0 Å². The van der Waals surface area contributed by atoms with Crippen molar-refractivity contribution in [1.29, 1.82) is 0 Å². The van der Waals surface area contributed by atoms with Gasteiger partial charge in [-0.2, -0.15) is 0 Å². The van der Waals surface area contributed by atoms with Gasteiger partial charge in [0.25, 0.3) is 0 Å². The lowest BCUT2D eigenvalue weighted by molar-refractivity contribution is 0.590.